The number of rotatable bonds is 3. The normalized spacial score (nSPS) is 29.2. The molecule has 0 amide bonds. The Hall–Kier alpha value is -0.670. The maximum Gasteiger partial charge on any atom is 0.115 e. The molecule has 0 saturated carbocycles. The maximum atomic E-state index is 9.24. The van der Waals surface area contributed by atoms with Crippen molar-refractivity contribution in [1.82, 2.24) is 5.32 Å². The first kappa shape index (κ1) is 12.8. The zero-order valence-corrected chi connectivity index (χ0v) is 11.4. The summed E-state index contributed by atoms with van der Waals surface area (Å²) in [6, 6.07) is 8.18. The fourth-order valence-corrected chi connectivity index (χ4v) is 3.74. The van der Waals surface area contributed by atoms with Gasteiger partial charge in [0.25, 0.3) is 0 Å². The monoisotopic (exact) mass is 251 g/mol. The highest BCUT2D eigenvalue weighted by Crippen LogP contribution is 2.32. The molecule has 1 aromatic carbocycles. The Labute approximate surface area is 108 Å². The second kappa shape index (κ2) is 5.32. The number of aryl methyl sites for hydroxylation is 1. The van der Waals surface area contributed by atoms with Gasteiger partial charge in [-0.1, -0.05) is 12.1 Å². The average Bonchev–Trinajstić information content (AvgIpc) is 2.28. The van der Waals surface area contributed by atoms with Crippen LogP contribution in [0.4, 0.5) is 0 Å². The molecule has 0 radical (unpaired) electrons. The van der Waals surface area contributed by atoms with Crippen LogP contribution in [0.3, 0.4) is 0 Å². The van der Waals surface area contributed by atoms with Crippen molar-refractivity contribution in [3.05, 3.63) is 29.8 Å². The van der Waals surface area contributed by atoms with Crippen molar-refractivity contribution in [2.75, 3.05) is 5.75 Å². The molecule has 1 heterocycles. The van der Waals surface area contributed by atoms with Gasteiger partial charge in [0.1, 0.15) is 5.75 Å². The zero-order valence-electron chi connectivity index (χ0n) is 10.6. The van der Waals surface area contributed by atoms with E-state index in [4.69, 9.17) is 0 Å². The lowest BCUT2D eigenvalue weighted by atomic mass is 10.0. The van der Waals surface area contributed by atoms with Crippen LogP contribution in [0.25, 0.3) is 0 Å². The van der Waals surface area contributed by atoms with Gasteiger partial charge < -0.3 is 10.4 Å². The van der Waals surface area contributed by atoms with E-state index in [0.717, 1.165) is 12.8 Å². The van der Waals surface area contributed by atoms with Gasteiger partial charge in [0.2, 0.25) is 0 Å². The maximum absolute atomic E-state index is 9.24. The van der Waals surface area contributed by atoms with Crippen LogP contribution in [-0.2, 0) is 6.42 Å². The molecule has 0 aromatic heterocycles. The summed E-state index contributed by atoms with van der Waals surface area (Å²) in [5.41, 5.74) is 1.30. The highest BCUT2D eigenvalue weighted by Gasteiger charge is 2.29. The summed E-state index contributed by atoms with van der Waals surface area (Å²) in [5, 5.41) is 12.9. The third-order valence-corrected chi connectivity index (χ3v) is 4.75. The predicted molar refractivity (Wildman–Crippen MR) is 74.5 cm³/mol. The van der Waals surface area contributed by atoms with Crippen molar-refractivity contribution in [3.8, 4) is 5.75 Å². The summed E-state index contributed by atoms with van der Waals surface area (Å²) in [5.74, 6) is 1.60. The van der Waals surface area contributed by atoms with Crippen LogP contribution >= 0.6 is 11.8 Å². The number of aromatic hydroxyl groups is 1. The minimum atomic E-state index is 0.204. The second-order valence-electron chi connectivity index (χ2n) is 5.08. The summed E-state index contributed by atoms with van der Waals surface area (Å²) in [7, 11) is 0. The van der Waals surface area contributed by atoms with E-state index >= 15 is 0 Å². The smallest absolute Gasteiger partial charge is 0.115 e. The van der Waals surface area contributed by atoms with Crippen molar-refractivity contribution >= 4 is 11.8 Å². The van der Waals surface area contributed by atoms with Crippen molar-refractivity contribution < 1.29 is 5.11 Å². The SMILES string of the molecule is CC1CCSC(C)(CCc2ccc(O)cc2)N1. The van der Waals surface area contributed by atoms with Gasteiger partial charge in [-0.3, -0.25) is 0 Å². The zero-order chi connectivity index (χ0) is 12.3. The lowest BCUT2D eigenvalue weighted by molar-refractivity contribution is 0.390. The molecule has 2 atom stereocenters. The molecule has 2 rings (SSSR count). The molecule has 94 valence electrons. The van der Waals surface area contributed by atoms with E-state index in [1.54, 1.807) is 12.1 Å². The fraction of sp³-hybridized carbons (Fsp3) is 0.571. The Bertz CT molecular complexity index is 365. The van der Waals surface area contributed by atoms with Gasteiger partial charge in [0.05, 0.1) is 4.87 Å². The van der Waals surface area contributed by atoms with E-state index in [1.165, 1.54) is 17.7 Å². The molecular weight excluding hydrogens is 230 g/mol. The van der Waals surface area contributed by atoms with Gasteiger partial charge in [-0.15, -0.1) is 11.8 Å². The number of phenolic OH excluding ortho intramolecular Hbond substituents is 1. The van der Waals surface area contributed by atoms with E-state index in [2.05, 4.69) is 19.2 Å². The molecule has 0 aliphatic carbocycles. The highest BCUT2D eigenvalue weighted by atomic mass is 32.2. The molecule has 0 bridgehead atoms. The molecule has 1 saturated heterocycles. The van der Waals surface area contributed by atoms with E-state index in [9.17, 15) is 5.11 Å². The molecule has 1 aliphatic heterocycles. The van der Waals surface area contributed by atoms with Gasteiger partial charge in [0.15, 0.2) is 0 Å². The Balaban J connectivity index is 1.90. The van der Waals surface area contributed by atoms with Gasteiger partial charge in [0, 0.05) is 6.04 Å². The summed E-state index contributed by atoms with van der Waals surface area (Å²) in [6.07, 6.45) is 3.45. The standard InChI is InChI=1S/C14H21NOS/c1-11-8-10-17-14(2,15-11)9-7-12-3-5-13(16)6-4-12/h3-6,11,15-16H,7-10H2,1-2H3. The van der Waals surface area contributed by atoms with Crippen LogP contribution in [-0.4, -0.2) is 21.8 Å². The quantitative estimate of drug-likeness (QED) is 0.865. The molecule has 2 unspecified atom stereocenters. The van der Waals surface area contributed by atoms with E-state index in [-0.39, 0.29) is 4.87 Å². The van der Waals surface area contributed by atoms with Gasteiger partial charge in [-0.05, 0) is 56.6 Å². The Kier molecular flexibility index (Phi) is 4.00. The first-order chi connectivity index (χ1) is 8.07. The molecule has 17 heavy (non-hydrogen) atoms. The number of nitrogens with one attached hydrogen (secondary N) is 1. The molecular formula is C14H21NOS. The molecule has 2 N–H and O–H groups in total. The second-order valence-corrected chi connectivity index (χ2v) is 6.68. The Morgan fingerprint density at radius 3 is 2.76 bits per heavy atom. The summed E-state index contributed by atoms with van der Waals surface area (Å²) in [6.45, 7) is 4.56. The Morgan fingerprint density at radius 1 is 1.41 bits per heavy atom. The lowest BCUT2D eigenvalue weighted by Gasteiger charge is -2.38. The van der Waals surface area contributed by atoms with Gasteiger partial charge >= 0.3 is 0 Å². The molecule has 0 spiro atoms. The summed E-state index contributed by atoms with van der Waals surface area (Å²) < 4.78 is 0. The van der Waals surface area contributed by atoms with Crippen LogP contribution in [0.2, 0.25) is 0 Å². The fourth-order valence-electron chi connectivity index (χ4n) is 2.29. The van der Waals surface area contributed by atoms with Crippen molar-refractivity contribution in [2.45, 2.75) is 44.0 Å². The van der Waals surface area contributed by atoms with Gasteiger partial charge in [-0.25, -0.2) is 0 Å². The van der Waals surface area contributed by atoms with E-state index < -0.39 is 0 Å². The summed E-state index contributed by atoms with van der Waals surface area (Å²) >= 11 is 2.03. The van der Waals surface area contributed by atoms with Crippen LogP contribution in [0.15, 0.2) is 24.3 Å². The number of phenols is 1. The number of hydrogen-bond acceptors (Lipinski definition) is 3. The third-order valence-electron chi connectivity index (χ3n) is 3.35. The molecule has 1 aromatic rings. The first-order valence-electron chi connectivity index (χ1n) is 6.27. The van der Waals surface area contributed by atoms with Crippen molar-refractivity contribution in [2.24, 2.45) is 0 Å². The molecule has 3 heteroatoms. The minimum Gasteiger partial charge on any atom is -0.508 e. The van der Waals surface area contributed by atoms with Crippen LogP contribution < -0.4 is 5.32 Å². The Morgan fingerprint density at radius 2 is 2.12 bits per heavy atom. The topological polar surface area (TPSA) is 32.3 Å². The largest absolute Gasteiger partial charge is 0.508 e. The van der Waals surface area contributed by atoms with E-state index in [1.807, 2.05) is 23.9 Å². The number of hydrogen-bond donors (Lipinski definition) is 2. The average molecular weight is 251 g/mol. The van der Waals surface area contributed by atoms with Gasteiger partial charge in [-0.2, -0.15) is 0 Å². The van der Waals surface area contributed by atoms with E-state index in [0.29, 0.717) is 11.8 Å². The van der Waals surface area contributed by atoms with Crippen molar-refractivity contribution in [3.63, 3.8) is 0 Å². The number of thioether (sulfide) groups is 1. The highest BCUT2D eigenvalue weighted by molar-refractivity contribution is 8.00. The first-order valence-corrected chi connectivity index (χ1v) is 7.25. The predicted octanol–water partition coefficient (Wildman–Crippen LogP) is 3.16. The van der Waals surface area contributed by atoms with Crippen LogP contribution in [0.5, 0.6) is 5.75 Å². The van der Waals surface area contributed by atoms with Crippen molar-refractivity contribution in [1.29, 1.82) is 0 Å². The minimum absolute atomic E-state index is 0.204. The molecule has 2 nitrogen and oxygen atoms in total. The van der Waals surface area contributed by atoms with Crippen LogP contribution in [0.1, 0.15) is 32.3 Å². The lowest BCUT2D eigenvalue weighted by Crippen LogP contribution is -2.48. The summed E-state index contributed by atoms with van der Waals surface area (Å²) in [4.78, 5) is 0.204. The molecule has 1 aliphatic rings. The van der Waals surface area contributed by atoms with Crippen LogP contribution in [0, 0.1) is 0 Å². The third kappa shape index (κ3) is 3.65. The number of benzene rings is 1. The molecule has 1 fully saturated rings.